The molecular weight excluding hydrogens is 288 g/mol. The van der Waals surface area contributed by atoms with Crippen LogP contribution in [0.2, 0.25) is 0 Å². The Hall–Kier alpha value is -0.570. The first-order chi connectivity index (χ1) is 10.7. The van der Waals surface area contributed by atoms with Crippen molar-refractivity contribution in [2.45, 2.75) is 98.0 Å². The van der Waals surface area contributed by atoms with E-state index in [1.165, 1.54) is 45.6 Å². The number of hydrogen-bond acceptors (Lipinski definition) is 3. The molecule has 0 aromatic rings. The minimum absolute atomic E-state index is 0.482. The molecule has 0 unspecified atom stereocenters. The summed E-state index contributed by atoms with van der Waals surface area (Å²) in [4.78, 5) is 11.4. The van der Waals surface area contributed by atoms with Gasteiger partial charge in [0.1, 0.15) is 0 Å². The normalized spacial score (nSPS) is 16.9. The first-order valence-electron chi connectivity index (χ1n) is 9.49. The molecule has 0 spiro atoms. The molecule has 0 amide bonds. The fraction of sp³-hybridized carbons (Fsp3) is 0.950. The first kappa shape index (κ1) is 22.4. The fourth-order valence-corrected chi connectivity index (χ4v) is 3.09. The Morgan fingerprint density at radius 3 is 1.78 bits per heavy atom. The van der Waals surface area contributed by atoms with Gasteiger partial charge in [0, 0.05) is 0 Å². The van der Waals surface area contributed by atoms with Crippen molar-refractivity contribution >= 4 is 5.97 Å². The molecule has 0 aliphatic carbocycles. The number of ether oxygens (including phenoxy) is 1. The van der Waals surface area contributed by atoms with Gasteiger partial charge < -0.3 is 9.84 Å². The summed E-state index contributed by atoms with van der Waals surface area (Å²) in [6, 6.07) is 0. The first-order valence-corrected chi connectivity index (χ1v) is 9.49. The molecule has 0 saturated heterocycles. The molecule has 0 aliphatic heterocycles. The van der Waals surface area contributed by atoms with Crippen LogP contribution in [0.5, 0.6) is 0 Å². The maximum atomic E-state index is 11.4. The lowest BCUT2D eigenvalue weighted by atomic mass is 9.90. The zero-order valence-electron chi connectivity index (χ0n) is 16.4. The monoisotopic (exact) mass is 328 g/mol. The van der Waals surface area contributed by atoms with Crippen LogP contribution in [0.25, 0.3) is 0 Å². The van der Waals surface area contributed by atoms with E-state index in [0.29, 0.717) is 12.3 Å². The van der Waals surface area contributed by atoms with Crippen LogP contribution in [0.1, 0.15) is 92.4 Å². The van der Waals surface area contributed by atoms with Gasteiger partial charge in [-0.15, -0.1) is 0 Å². The number of carbonyl (C=O) groups is 1. The largest absolute Gasteiger partial charge is 0.467 e. The number of methoxy groups -OCH3 is 1. The molecule has 23 heavy (non-hydrogen) atoms. The topological polar surface area (TPSA) is 46.5 Å². The molecule has 138 valence electrons. The molecule has 0 saturated carbocycles. The van der Waals surface area contributed by atoms with Crippen molar-refractivity contribution < 1.29 is 14.6 Å². The van der Waals surface area contributed by atoms with Crippen LogP contribution in [0.15, 0.2) is 0 Å². The van der Waals surface area contributed by atoms with E-state index in [-0.39, 0.29) is 0 Å². The number of rotatable bonds is 13. The van der Waals surface area contributed by atoms with Gasteiger partial charge in [-0.25, -0.2) is 4.79 Å². The van der Waals surface area contributed by atoms with Crippen LogP contribution >= 0.6 is 0 Å². The smallest absolute Gasteiger partial charge is 0.337 e. The lowest BCUT2D eigenvalue weighted by molar-refractivity contribution is -0.161. The van der Waals surface area contributed by atoms with E-state index in [1.54, 1.807) is 6.92 Å². The van der Waals surface area contributed by atoms with E-state index in [9.17, 15) is 9.90 Å². The molecule has 0 radical (unpaired) electrons. The summed E-state index contributed by atoms with van der Waals surface area (Å²) in [6.45, 7) is 10.8. The number of hydrogen-bond donors (Lipinski definition) is 1. The van der Waals surface area contributed by atoms with Gasteiger partial charge in [0.15, 0.2) is 5.60 Å². The maximum absolute atomic E-state index is 11.4. The minimum Gasteiger partial charge on any atom is -0.467 e. The quantitative estimate of drug-likeness (QED) is 0.464. The SMILES string of the molecule is COC(=O)[C@@](C)(O)CCC[C@H](C)CCC[C@H](C)CCCC(C)C. The van der Waals surface area contributed by atoms with Crippen molar-refractivity contribution in [3.8, 4) is 0 Å². The Balaban J connectivity index is 3.71. The van der Waals surface area contributed by atoms with E-state index in [1.807, 2.05) is 0 Å². The summed E-state index contributed by atoms with van der Waals surface area (Å²) in [6.07, 6.45) is 10.3. The van der Waals surface area contributed by atoms with Crippen molar-refractivity contribution in [3.05, 3.63) is 0 Å². The summed E-state index contributed by atoms with van der Waals surface area (Å²) in [5.41, 5.74) is -1.33. The molecule has 0 heterocycles. The molecule has 3 atom stereocenters. The lowest BCUT2D eigenvalue weighted by Gasteiger charge is -2.21. The van der Waals surface area contributed by atoms with Crippen LogP contribution in [-0.2, 0) is 9.53 Å². The Bertz CT molecular complexity index is 310. The molecule has 0 aliphatic rings. The molecule has 3 nitrogen and oxygen atoms in total. The second kappa shape index (κ2) is 11.9. The average molecular weight is 329 g/mol. The second-order valence-corrected chi connectivity index (χ2v) is 8.12. The fourth-order valence-electron chi connectivity index (χ4n) is 3.09. The van der Waals surface area contributed by atoms with Crippen LogP contribution in [-0.4, -0.2) is 23.8 Å². The summed E-state index contributed by atoms with van der Waals surface area (Å²) in [5.74, 6) is 1.79. The average Bonchev–Trinajstić information content (AvgIpc) is 2.45. The summed E-state index contributed by atoms with van der Waals surface area (Å²) in [5, 5.41) is 9.99. The molecule has 0 fully saturated rings. The van der Waals surface area contributed by atoms with E-state index >= 15 is 0 Å². The van der Waals surface area contributed by atoms with E-state index in [4.69, 9.17) is 0 Å². The van der Waals surface area contributed by atoms with Gasteiger partial charge in [0.05, 0.1) is 7.11 Å². The van der Waals surface area contributed by atoms with Crippen molar-refractivity contribution in [1.29, 1.82) is 0 Å². The van der Waals surface area contributed by atoms with Gasteiger partial charge in [-0.3, -0.25) is 0 Å². The summed E-state index contributed by atoms with van der Waals surface area (Å²) in [7, 11) is 1.32. The van der Waals surface area contributed by atoms with E-state index in [0.717, 1.165) is 24.7 Å². The Morgan fingerprint density at radius 1 is 0.913 bits per heavy atom. The van der Waals surface area contributed by atoms with Crippen LogP contribution < -0.4 is 0 Å². The number of aliphatic hydroxyl groups is 1. The van der Waals surface area contributed by atoms with Gasteiger partial charge in [0.2, 0.25) is 0 Å². The summed E-state index contributed by atoms with van der Waals surface area (Å²) >= 11 is 0. The van der Waals surface area contributed by atoms with Crippen LogP contribution in [0, 0.1) is 17.8 Å². The van der Waals surface area contributed by atoms with Gasteiger partial charge in [-0.1, -0.05) is 72.6 Å². The van der Waals surface area contributed by atoms with Crippen molar-refractivity contribution in [2.24, 2.45) is 17.8 Å². The molecule has 0 bridgehead atoms. The molecular formula is C20H40O3. The molecule has 0 rings (SSSR count). The van der Waals surface area contributed by atoms with Gasteiger partial charge in [-0.2, -0.15) is 0 Å². The highest BCUT2D eigenvalue weighted by molar-refractivity contribution is 5.78. The third-order valence-corrected chi connectivity index (χ3v) is 4.86. The molecule has 0 aromatic heterocycles. The Kier molecular flexibility index (Phi) is 11.6. The van der Waals surface area contributed by atoms with Gasteiger partial charge >= 0.3 is 5.97 Å². The predicted octanol–water partition coefficient (Wildman–Crippen LogP) is 5.35. The zero-order chi connectivity index (χ0) is 17.9. The van der Waals surface area contributed by atoms with Crippen molar-refractivity contribution in [2.75, 3.05) is 7.11 Å². The highest BCUT2D eigenvalue weighted by Gasteiger charge is 2.30. The second-order valence-electron chi connectivity index (χ2n) is 8.12. The van der Waals surface area contributed by atoms with Crippen molar-refractivity contribution in [1.82, 2.24) is 0 Å². The predicted molar refractivity (Wildman–Crippen MR) is 97.4 cm³/mol. The summed E-state index contributed by atoms with van der Waals surface area (Å²) < 4.78 is 4.62. The van der Waals surface area contributed by atoms with E-state index < -0.39 is 11.6 Å². The zero-order valence-corrected chi connectivity index (χ0v) is 16.4. The highest BCUT2D eigenvalue weighted by Crippen LogP contribution is 2.23. The standard InChI is InChI=1S/C20H40O3/c1-16(2)10-7-11-17(3)12-8-13-18(4)14-9-15-20(5,22)19(21)23-6/h16-18,22H,7-15H2,1-6H3/t17-,18-,20+/m1/s1. The molecule has 1 N–H and O–H groups in total. The van der Waals surface area contributed by atoms with Gasteiger partial charge in [-0.05, 0) is 37.5 Å². The van der Waals surface area contributed by atoms with Gasteiger partial charge in [0.25, 0.3) is 0 Å². The highest BCUT2D eigenvalue weighted by atomic mass is 16.5. The number of carbonyl (C=O) groups excluding carboxylic acids is 1. The Morgan fingerprint density at radius 2 is 1.35 bits per heavy atom. The Labute approximate surface area is 144 Å². The maximum Gasteiger partial charge on any atom is 0.337 e. The number of esters is 1. The van der Waals surface area contributed by atoms with Crippen molar-refractivity contribution in [3.63, 3.8) is 0 Å². The molecule has 3 heteroatoms. The van der Waals surface area contributed by atoms with Crippen LogP contribution in [0.4, 0.5) is 0 Å². The van der Waals surface area contributed by atoms with E-state index in [2.05, 4.69) is 32.4 Å². The molecule has 0 aromatic carbocycles. The third kappa shape index (κ3) is 11.6. The third-order valence-electron chi connectivity index (χ3n) is 4.86. The van der Waals surface area contributed by atoms with Crippen LogP contribution in [0.3, 0.4) is 0 Å². The lowest BCUT2D eigenvalue weighted by Crippen LogP contribution is -2.36. The minimum atomic E-state index is -1.33.